The molecule has 1 aromatic carbocycles. The van der Waals surface area contributed by atoms with Gasteiger partial charge in [0, 0.05) is 24.3 Å². The van der Waals surface area contributed by atoms with Gasteiger partial charge in [0.15, 0.2) is 0 Å². The average Bonchev–Trinajstić information content (AvgIpc) is 1.94. The Balaban J connectivity index is 3.13. The van der Waals surface area contributed by atoms with Crippen LogP contribution in [0.25, 0.3) is 0 Å². The van der Waals surface area contributed by atoms with Crippen molar-refractivity contribution < 1.29 is 0 Å². The number of nitrogen functional groups attached to an aromatic ring is 1. The van der Waals surface area contributed by atoms with Crippen molar-refractivity contribution in [3.05, 3.63) is 22.7 Å². The molecule has 0 aliphatic heterocycles. The monoisotopic (exact) mass is 214 g/mol. The highest BCUT2D eigenvalue weighted by atomic mass is 79.9. The molecule has 0 radical (unpaired) electrons. The lowest BCUT2D eigenvalue weighted by Crippen LogP contribution is -2.09. The van der Waals surface area contributed by atoms with E-state index in [0.29, 0.717) is 0 Å². The minimum absolute atomic E-state index is 0.789. The fourth-order valence-corrected chi connectivity index (χ4v) is 1.47. The molecule has 2 N–H and O–H groups in total. The standard InChI is InChI=1S/C8H11BrN2/c1-11(2)8-5-6(10)3-4-7(8)9/h3-5H,10H2,1-2H3. The van der Waals surface area contributed by atoms with E-state index >= 15 is 0 Å². The van der Waals surface area contributed by atoms with Gasteiger partial charge in [-0.1, -0.05) is 0 Å². The number of nitrogens with zero attached hydrogens (tertiary/aromatic N) is 1. The van der Waals surface area contributed by atoms with Crippen LogP contribution in [-0.2, 0) is 0 Å². The summed E-state index contributed by atoms with van der Waals surface area (Å²) in [6.07, 6.45) is 0. The zero-order valence-corrected chi connectivity index (χ0v) is 8.22. The van der Waals surface area contributed by atoms with Crippen LogP contribution in [0.2, 0.25) is 0 Å². The second kappa shape index (κ2) is 3.13. The molecule has 0 bridgehead atoms. The number of benzene rings is 1. The zero-order chi connectivity index (χ0) is 8.43. The van der Waals surface area contributed by atoms with Crippen LogP contribution in [0, 0.1) is 0 Å². The number of rotatable bonds is 1. The first-order valence-corrected chi connectivity index (χ1v) is 4.13. The molecule has 0 aliphatic carbocycles. The molecule has 0 heterocycles. The van der Waals surface area contributed by atoms with Gasteiger partial charge in [-0.05, 0) is 34.1 Å². The van der Waals surface area contributed by atoms with Crippen LogP contribution in [0.1, 0.15) is 0 Å². The highest BCUT2D eigenvalue weighted by molar-refractivity contribution is 9.10. The van der Waals surface area contributed by atoms with Gasteiger partial charge in [0.2, 0.25) is 0 Å². The second-order valence-corrected chi connectivity index (χ2v) is 3.46. The van der Waals surface area contributed by atoms with Gasteiger partial charge in [0.25, 0.3) is 0 Å². The number of hydrogen-bond donors (Lipinski definition) is 1. The summed E-state index contributed by atoms with van der Waals surface area (Å²) in [6.45, 7) is 0. The van der Waals surface area contributed by atoms with Gasteiger partial charge >= 0.3 is 0 Å². The summed E-state index contributed by atoms with van der Waals surface area (Å²) in [6, 6.07) is 5.76. The zero-order valence-electron chi connectivity index (χ0n) is 6.63. The van der Waals surface area contributed by atoms with Gasteiger partial charge < -0.3 is 10.6 Å². The van der Waals surface area contributed by atoms with Gasteiger partial charge in [0.05, 0.1) is 5.69 Å². The number of hydrogen-bond acceptors (Lipinski definition) is 2. The molecule has 60 valence electrons. The lowest BCUT2D eigenvalue weighted by Gasteiger charge is -2.14. The molecular weight excluding hydrogens is 204 g/mol. The first-order chi connectivity index (χ1) is 5.11. The Bertz CT molecular complexity index is 258. The van der Waals surface area contributed by atoms with E-state index in [9.17, 15) is 0 Å². The summed E-state index contributed by atoms with van der Waals surface area (Å²) in [4.78, 5) is 2.01. The number of anilines is 2. The van der Waals surface area contributed by atoms with E-state index in [2.05, 4.69) is 15.9 Å². The molecule has 3 heteroatoms. The summed E-state index contributed by atoms with van der Waals surface area (Å²) in [5, 5.41) is 0. The van der Waals surface area contributed by atoms with Crippen molar-refractivity contribution >= 4 is 27.3 Å². The summed E-state index contributed by atoms with van der Waals surface area (Å²) in [5.41, 5.74) is 7.51. The molecule has 1 aromatic rings. The van der Waals surface area contributed by atoms with Crippen molar-refractivity contribution in [3.63, 3.8) is 0 Å². The Hall–Kier alpha value is -0.700. The molecule has 0 aliphatic rings. The van der Waals surface area contributed by atoms with Gasteiger partial charge in [-0.2, -0.15) is 0 Å². The third-order valence-electron chi connectivity index (χ3n) is 1.45. The minimum Gasteiger partial charge on any atom is -0.399 e. The van der Waals surface area contributed by atoms with E-state index in [1.165, 1.54) is 0 Å². The van der Waals surface area contributed by atoms with Crippen LogP contribution in [0.5, 0.6) is 0 Å². The quantitative estimate of drug-likeness (QED) is 0.727. The molecule has 0 aromatic heterocycles. The molecule has 11 heavy (non-hydrogen) atoms. The number of nitrogens with two attached hydrogens (primary N) is 1. The molecular formula is C8H11BrN2. The maximum absolute atomic E-state index is 5.62. The van der Waals surface area contributed by atoms with Crippen LogP contribution in [0.4, 0.5) is 11.4 Å². The van der Waals surface area contributed by atoms with E-state index in [-0.39, 0.29) is 0 Å². The van der Waals surface area contributed by atoms with Crippen LogP contribution in [0.3, 0.4) is 0 Å². The Morgan fingerprint density at radius 2 is 2.00 bits per heavy atom. The van der Waals surface area contributed by atoms with E-state index in [0.717, 1.165) is 15.8 Å². The fraction of sp³-hybridized carbons (Fsp3) is 0.250. The van der Waals surface area contributed by atoms with Gasteiger partial charge in [-0.15, -0.1) is 0 Å². The van der Waals surface area contributed by atoms with E-state index in [4.69, 9.17) is 5.73 Å². The Morgan fingerprint density at radius 1 is 1.36 bits per heavy atom. The molecule has 0 atom stereocenters. The van der Waals surface area contributed by atoms with Crippen LogP contribution < -0.4 is 10.6 Å². The molecule has 0 saturated heterocycles. The summed E-state index contributed by atoms with van der Waals surface area (Å²) < 4.78 is 1.07. The molecule has 0 amide bonds. The predicted octanol–water partition coefficient (Wildman–Crippen LogP) is 2.10. The van der Waals surface area contributed by atoms with Crippen LogP contribution in [-0.4, -0.2) is 14.1 Å². The molecule has 0 saturated carbocycles. The maximum Gasteiger partial charge on any atom is 0.0526 e. The third kappa shape index (κ3) is 1.87. The van der Waals surface area contributed by atoms with Crippen LogP contribution >= 0.6 is 15.9 Å². The SMILES string of the molecule is CN(C)c1cc(N)ccc1Br. The normalized spacial score (nSPS) is 9.73. The van der Waals surface area contributed by atoms with E-state index in [1.54, 1.807) is 0 Å². The van der Waals surface area contributed by atoms with Crippen molar-refractivity contribution in [1.82, 2.24) is 0 Å². The third-order valence-corrected chi connectivity index (χ3v) is 2.12. The fourth-order valence-electron chi connectivity index (χ4n) is 0.872. The first kappa shape index (κ1) is 8.40. The molecule has 1 rings (SSSR count). The summed E-state index contributed by atoms with van der Waals surface area (Å²) >= 11 is 3.43. The van der Waals surface area contributed by atoms with E-state index in [1.807, 2.05) is 37.2 Å². The summed E-state index contributed by atoms with van der Waals surface area (Å²) in [5.74, 6) is 0. The van der Waals surface area contributed by atoms with Gasteiger partial charge in [-0.25, -0.2) is 0 Å². The number of halogens is 1. The predicted molar refractivity (Wildman–Crippen MR) is 52.9 cm³/mol. The Morgan fingerprint density at radius 3 is 2.45 bits per heavy atom. The molecule has 2 nitrogen and oxygen atoms in total. The minimum atomic E-state index is 0.789. The lowest BCUT2D eigenvalue weighted by molar-refractivity contribution is 1.13. The second-order valence-electron chi connectivity index (χ2n) is 2.61. The van der Waals surface area contributed by atoms with Crippen LogP contribution in [0.15, 0.2) is 22.7 Å². The topological polar surface area (TPSA) is 29.3 Å². The highest BCUT2D eigenvalue weighted by Crippen LogP contribution is 2.26. The van der Waals surface area contributed by atoms with Gasteiger partial charge in [-0.3, -0.25) is 0 Å². The van der Waals surface area contributed by atoms with E-state index < -0.39 is 0 Å². The smallest absolute Gasteiger partial charge is 0.0526 e. The molecule has 0 spiro atoms. The lowest BCUT2D eigenvalue weighted by atomic mass is 10.3. The van der Waals surface area contributed by atoms with Crippen molar-refractivity contribution in [2.45, 2.75) is 0 Å². The Labute approximate surface area is 75.1 Å². The Kier molecular flexibility index (Phi) is 2.39. The molecule has 0 unspecified atom stereocenters. The van der Waals surface area contributed by atoms with Crippen molar-refractivity contribution in [1.29, 1.82) is 0 Å². The van der Waals surface area contributed by atoms with Crippen molar-refractivity contribution in [2.24, 2.45) is 0 Å². The molecule has 0 fully saturated rings. The largest absolute Gasteiger partial charge is 0.399 e. The summed E-state index contributed by atoms with van der Waals surface area (Å²) in [7, 11) is 3.97. The van der Waals surface area contributed by atoms with Gasteiger partial charge in [0.1, 0.15) is 0 Å². The van der Waals surface area contributed by atoms with Crippen molar-refractivity contribution in [3.8, 4) is 0 Å². The highest BCUT2D eigenvalue weighted by Gasteiger charge is 2.00. The first-order valence-electron chi connectivity index (χ1n) is 3.33. The maximum atomic E-state index is 5.62. The van der Waals surface area contributed by atoms with Crippen molar-refractivity contribution in [2.75, 3.05) is 24.7 Å². The average molecular weight is 215 g/mol.